The quantitative estimate of drug-likeness (QED) is 0.681. The van der Waals surface area contributed by atoms with E-state index in [2.05, 4.69) is 5.10 Å². The highest BCUT2D eigenvalue weighted by atomic mass is 16.5. The molecule has 0 aliphatic carbocycles. The van der Waals surface area contributed by atoms with E-state index in [1.807, 2.05) is 33.7 Å². The average Bonchev–Trinajstić information content (AvgIpc) is 3.09. The molecule has 7 heteroatoms. The zero-order chi connectivity index (χ0) is 19.3. The third kappa shape index (κ3) is 5.09. The fraction of sp³-hybridized carbons (Fsp3) is 0.750. The van der Waals surface area contributed by atoms with Gasteiger partial charge in [0, 0.05) is 65.5 Å². The molecule has 0 aromatic carbocycles. The van der Waals surface area contributed by atoms with E-state index < -0.39 is 0 Å². The van der Waals surface area contributed by atoms with Gasteiger partial charge in [0.1, 0.15) is 0 Å². The van der Waals surface area contributed by atoms with Crippen LogP contribution in [0.3, 0.4) is 0 Å². The molecule has 0 unspecified atom stereocenters. The van der Waals surface area contributed by atoms with Crippen molar-refractivity contribution in [3.63, 3.8) is 0 Å². The van der Waals surface area contributed by atoms with Gasteiger partial charge in [-0.3, -0.25) is 14.3 Å². The van der Waals surface area contributed by atoms with Crippen LogP contribution in [0.2, 0.25) is 0 Å². The monoisotopic (exact) mass is 376 g/mol. The Labute approximate surface area is 161 Å². The number of carbonyl (C=O) groups excluding carboxylic acids is 2. The molecule has 0 bridgehead atoms. The fourth-order valence-corrected chi connectivity index (χ4v) is 4.30. The molecule has 2 saturated heterocycles. The van der Waals surface area contributed by atoms with Crippen molar-refractivity contribution in [1.29, 1.82) is 0 Å². The van der Waals surface area contributed by atoms with Crippen LogP contribution in [-0.4, -0.2) is 71.3 Å². The zero-order valence-corrected chi connectivity index (χ0v) is 16.7. The summed E-state index contributed by atoms with van der Waals surface area (Å²) in [5.74, 6) is 0.478. The number of aryl methyl sites for hydroxylation is 2. The summed E-state index contributed by atoms with van der Waals surface area (Å²) in [6.07, 6.45) is 6.89. The molecule has 0 radical (unpaired) electrons. The van der Waals surface area contributed by atoms with Gasteiger partial charge in [-0.15, -0.1) is 0 Å². The number of likely N-dealkylation sites (tertiary alicyclic amines) is 2. The summed E-state index contributed by atoms with van der Waals surface area (Å²) in [6, 6.07) is 1.96. The van der Waals surface area contributed by atoms with Crippen molar-refractivity contribution >= 4 is 11.8 Å². The number of methoxy groups -OCH3 is 1. The summed E-state index contributed by atoms with van der Waals surface area (Å²) < 4.78 is 6.95. The third-order valence-corrected chi connectivity index (χ3v) is 6.03. The number of amides is 2. The number of aromatic nitrogens is 2. The van der Waals surface area contributed by atoms with E-state index in [9.17, 15) is 9.59 Å². The topological polar surface area (TPSA) is 67.7 Å². The largest absolute Gasteiger partial charge is 0.385 e. The number of hydrogen-bond donors (Lipinski definition) is 0. The van der Waals surface area contributed by atoms with Crippen LogP contribution in [0.1, 0.15) is 44.2 Å². The smallest absolute Gasteiger partial charge is 0.224 e. The van der Waals surface area contributed by atoms with Gasteiger partial charge in [0.15, 0.2) is 0 Å². The molecule has 7 nitrogen and oxygen atoms in total. The maximum atomic E-state index is 12.5. The maximum Gasteiger partial charge on any atom is 0.224 e. The van der Waals surface area contributed by atoms with Crippen LogP contribution >= 0.6 is 0 Å². The first-order chi connectivity index (χ1) is 13.0. The lowest BCUT2D eigenvalue weighted by atomic mass is 9.72. The molecule has 27 heavy (non-hydrogen) atoms. The molecule has 1 spiro atoms. The van der Waals surface area contributed by atoms with E-state index in [1.165, 1.54) is 0 Å². The summed E-state index contributed by atoms with van der Waals surface area (Å²) in [6.45, 7) is 6.50. The van der Waals surface area contributed by atoms with E-state index in [4.69, 9.17) is 4.74 Å². The van der Waals surface area contributed by atoms with E-state index in [-0.39, 0.29) is 17.2 Å². The minimum atomic E-state index is 0.191. The molecule has 1 aromatic rings. The Balaban J connectivity index is 1.47. The molecule has 2 aliphatic rings. The highest BCUT2D eigenvalue weighted by Crippen LogP contribution is 2.40. The van der Waals surface area contributed by atoms with Crippen molar-refractivity contribution in [2.24, 2.45) is 5.41 Å². The lowest BCUT2D eigenvalue weighted by molar-refractivity contribution is -0.142. The molecule has 0 N–H and O–H groups in total. The first-order valence-corrected chi connectivity index (χ1v) is 10.1. The van der Waals surface area contributed by atoms with Gasteiger partial charge in [-0.2, -0.15) is 5.10 Å². The summed E-state index contributed by atoms with van der Waals surface area (Å²) in [5.41, 5.74) is 1.17. The van der Waals surface area contributed by atoms with Gasteiger partial charge in [0.2, 0.25) is 11.8 Å². The van der Waals surface area contributed by atoms with Crippen LogP contribution in [0.5, 0.6) is 0 Å². The van der Waals surface area contributed by atoms with Gasteiger partial charge < -0.3 is 14.5 Å². The Kier molecular flexibility index (Phi) is 6.52. The molecular formula is C20H32N4O3. The highest BCUT2D eigenvalue weighted by molar-refractivity contribution is 5.77. The van der Waals surface area contributed by atoms with Gasteiger partial charge in [-0.05, 0) is 44.1 Å². The summed E-state index contributed by atoms with van der Waals surface area (Å²) in [5, 5.41) is 4.34. The van der Waals surface area contributed by atoms with Gasteiger partial charge in [-0.25, -0.2) is 0 Å². The molecule has 3 rings (SSSR count). The minimum Gasteiger partial charge on any atom is -0.385 e. The molecular weight excluding hydrogens is 344 g/mol. The number of piperidine rings is 2. The SMILES string of the molecule is COCCCN1CC2(CCC1=O)CCN(C(=O)CCn1ccc(C)n1)CC2. The van der Waals surface area contributed by atoms with Crippen molar-refractivity contribution in [2.45, 2.75) is 52.0 Å². The van der Waals surface area contributed by atoms with Crippen LogP contribution in [0, 0.1) is 12.3 Å². The molecule has 2 fully saturated rings. The Morgan fingerprint density at radius 1 is 1.26 bits per heavy atom. The molecule has 0 saturated carbocycles. The molecule has 2 aliphatic heterocycles. The number of ether oxygens (including phenoxy) is 1. The molecule has 3 heterocycles. The van der Waals surface area contributed by atoms with E-state index in [1.54, 1.807) is 7.11 Å². The average molecular weight is 377 g/mol. The Morgan fingerprint density at radius 3 is 2.70 bits per heavy atom. The number of nitrogens with zero attached hydrogens (tertiary/aromatic N) is 4. The lowest BCUT2D eigenvalue weighted by Gasteiger charge is -2.47. The number of hydrogen-bond acceptors (Lipinski definition) is 4. The normalized spacial score (nSPS) is 19.7. The summed E-state index contributed by atoms with van der Waals surface area (Å²) in [4.78, 5) is 28.8. The predicted molar refractivity (Wildman–Crippen MR) is 102 cm³/mol. The molecule has 2 amide bonds. The van der Waals surface area contributed by atoms with Crippen LogP contribution in [0.15, 0.2) is 12.3 Å². The highest BCUT2D eigenvalue weighted by Gasteiger charge is 2.41. The van der Waals surface area contributed by atoms with Gasteiger partial charge in [0.25, 0.3) is 0 Å². The number of carbonyl (C=O) groups is 2. The van der Waals surface area contributed by atoms with Crippen molar-refractivity contribution in [1.82, 2.24) is 19.6 Å². The zero-order valence-electron chi connectivity index (χ0n) is 16.7. The Bertz CT molecular complexity index is 649. The van der Waals surface area contributed by atoms with Crippen molar-refractivity contribution in [3.8, 4) is 0 Å². The second-order valence-electron chi connectivity index (χ2n) is 8.01. The second-order valence-corrected chi connectivity index (χ2v) is 8.01. The van der Waals surface area contributed by atoms with Gasteiger partial charge >= 0.3 is 0 Å². The minimum absolute atomic E-state index is 0.191. The number of rotatable bonds is 7. The van der Waals surface area contributed by atoms with Gasteiger partial charge in [-0.1, -0.05) is 0 Å². The van der Waals surface area contributed by atoms with Crippen LogP contribution in [-0.2, 0) is 20.9 Å². The molecule has 0 atom stereocenters. The van der Waals surface area contributed by atoms with Crippen molar-refractivity contribution < 1.29 is 14.3 Å². The maximum absolute atomic E-state index is 12.5. The lowest BCUT2D eigenvalue weighted by Crippen LogP contribution is -2.52. The molecule has 1 aromatic heterocycles. The van der Waals surface area contributed by atoms with Crippen LogP contribution < -0.4 is 0 Å². The third-order valence-electron chi connectivity index (χ3n) is 6.03. The van der Waals surface area contributed by atoms with E-state index in [0.29, 0.717) is 26.0 Å². The first-order valence-electron chi connectivity index (χ1n) is 10.1. The van der Waals surface area contributed by atoms with E-state index in [0.717, 1.165) is 57.6 Å². The summed E-state index contributed by atoms with van der Waals surface area (Å²) >= 11 is 0. The summed E-state index contributed by atoms with van der Waals surface area (Å²) in [7, 11) is 1.69. The molecule has 150 valence electrons. The fourth-order valence-electron chi connectivity index (χ4n) is 4.30. The Hall–Kier alpha value is -1.89. The predicted octanol–water partition coefficient (Wildman–Crippen LogP) is 1.85. The standard InChI is InChI=1S/C20H32N4O3/c1-17-5-11-24(21-17)12-6-19(26)22-13-8-20(9-14-22)7-4-18(25)23(16-20)10-3-15-27-2/h5,11H,3-4,6-10,12-16H2,1-2H3. The van der Waals surface area contributed by atoms with Crippen molar-refractivity contribution in [3.05, 3.63) is 18.0 Å². The van der Waals surface area contributed by atoms with Crippen molar-refractivity contribution in [2.75, 3.05) is 39.9 Å². The van der Waals surface area contributed by atoms with Crippen LogP contribution in [0.25, 0.3) is 0 Å². The van der Waals surface area contributed by atoms with E-state index >= 15 is 0 Å². The Morgan fingerprint density at radius 2 is 2.04 bits per heavy atom. The van der Waals surface area contributed by atoms with Gasteiger partial charge in [0.05, 0.1) is 5.69 Å². The van der Waals surface area contributed by atoms with Crippen LogP contribution in [0.4, 0.5) is 0 Å². The first kappa shape index (κ1) is 19.9. The second kappa shape index (κ2) is 8.87.